The van der Waals surface area contributed by atoms with Gasteiger partial charge in [-0.2, -0.15) is 0 Å². The van der Waals surface area contributed by atoms with E-state index in [4.69, 9.17) is 4.74 Å². The fraction of sp³-hybridized carbons (Fsp3) is 0.467. The van der Waals surface area contributed by atoms with E-state index < -0.39 is 23.3 Å². The van der Waals surface area contributed by atoms with Gasteiger partial charge in [-0.15, -0.1) is 0 Å². The molecule has 0 spiro atoms. The summed E-state index contributed by atoms with van der Waals surface area (Å²) in [5.41, 5.74) is 0.653. The molecule has 1 aromatic carbocycles. The minimum absolute atomic E-state index is 0.336. The van der Waals surface area contributed by atoms with E-state index in [-0.39, 0.29) is 0 Å². The number of carboxylic acids is 1. The van der Waals surface area contributed by atoms with E-state index in [1.54, 1.807) is 32.9 Å². The SMILES string of the molecule is COc1ccc(C)cc1C(=O)N[C@H](C(=O)O)C(C)(C)C. The average molecular weight is 279 g/mol. The molecule has 0 bridgehead atoms. The standard InChI is InChI=1S/C15H21NO4/c1-9-6-7-11(20-5)10(8-9)13(17)16-12(14(18)19)15(2,3)4/h6-8,12H,1-5H3,(H,16,17)(H,18,19)/t12-/m1/s1. The lowest BCUT2D eigenvalue weighted by molar-refractivity contribution is -0.142. The van der Waals surface area contributed by atoms with Crippen LogP contribution in [0.1, 0.15) is 36.7 Å². The van der Waals surface area contributed by atoms with Crippen LogP contribution >= 0.6 is 0 Å². The van der Waals surface area contributed by atoms with Gasteiger partial charge in [0, 0.05) is 0 Å². The highest BCUT2D eigenvalue weighted by Crippen LogP contribution is 2.23. The molecule has 5 nitrogen and oxygen atoms in total. The number of ether oxygens (including phenoxy) is 1. The van der Waals surface area contributed by atoms with E-state index in [2.05, 4.69) is 5.32 Å². The molecule has 0 fully saturated rings. The van der Waals surface area contributed by atoms with Crippen LogP contribution in [-0.4, -0.2) is 30.1 Å². The van der Waals surface area contributed by atoms with Crippen molar-refractivity contribution < 1.29 is 19.4 Å². The lowest BCUT2D eigenvalue weighted by atomic mass is 9.86. The van der Waals surface area contributed by atoms with Crippen LogP contribution in [0.2, 0.25) is 0 Å². The Hall–Kier alpha value is -2.04. The third-order valence-corrected chi connectivity index (χ3v) is 2.99. The van der Waals surface area contributed by atoms with Gasteiger partial charge in [0.1, 0.15) is 11.8 Å². The molecule has 0 aliphatic rings. The van der Waals surface area contributed by atoms with E-state index in [9.17, 15) is 14.7 Å². The largest absolute Gasteiger partial charge is 0.496 e. The minimum atomic E-state index is -1.06. The molecule has 0 saturated heterocycles. The Kier molecular flexibility index (Phi) is 4.76. The number of nitrogens with one attached hydrogen (secondary N) is 1. The second-order valence-electron chi connectivity index (χ2n) is 5.81. The highest BCUT2D eigenvalue weighted by Gasteiger charge is 2.33. The van der Waals surface area contributed by atoms with Crippen LogP contribution in [0, 0.1) is 12.3 Å². The van der Waals surface area contributed by atoms with Gasteiger partial charge in [-0.3, -0.25) is 4.79 Å². The van der Waals surface area contributed by atoms with Gasteiger partial charge in [-0.25, -0.2) is 4.79 Å². The Morgan fingerprint density at radius 3 is 2.35 bits per heavy atom. The summed E-state index contributed by atoms with van der Waals surface area (Å²) in [6, 6.07) is 4.22. The number of aliphatic carboxylic acids is 1. The van der Waals surface area contributed by atoms with Gasteiger partial charge in [-0.1, -0.05) is 32.4 Å². The molecule has 5 heteroatoms. The van der Waals surface area contributed by atoms with E-state index in [0.717, 1.165) is 5.56 Å². The Balaban J connectivity index is 3.07. The number of benzene rings is 1. The lowest BCUT2D eigenvalue weighted by Gasteiger charge is -2.28. The summed E-state index contributed by atoms with van der Waals surface area (Å²) in [7, 11) is 1.47. The first kappa shape index (κ1) is 16.0. The Morgan fingerprint density at radius 2 is 1.90 bits per heavy atom. The quantitative estimate of drug-likeness (QED) is 0.886. The molecule has 2 N–H and O–H groups in total. The smallest absolute Gasteiger partial charge is 0.326 e. The van der Waals surface area contributed by atoms with Crippen LogP contribution in [-0.2, 0) is 4.79 Å². The van der Waals surface area contributed by atoms with E-state index in [1.807, 2.05) is 13.0 Å². The van der Waals surface area contributed by atoms with Crippen LogP contribution < -0.4 is 10.1 Å². The van der Waals surface area contributed by atoms with Crippen molar-refractivity contribution in [1.82, 2.24) is 5.32 Å². The molecule has 1 rings (SSSR count). The molecule has 0 unspecified atom stereocenters. The van der Waals surface area contributed by atoms with Crippen LogP contribution in [0.15, 0.2) is 18.2 Å². The molecular formula is C15H21NO4. The van der Waals surface area contributed by atoms with Crippen molar-refractivity contribution in [3.05, 3.63) is 29.3 Å². The molecular weight excluding hydrogens is 258 g/mol. The summed E-state index contributed by atoms with van der Waals surface area (Å²) in [5.74, 6) is -1.09. The summed E-state index contributed by atoms with van der Waals surface area (Å²) in [6.45, 7) is 7.15. The molecule has 1 aromatic rings. The maximum Gasteiger partial charge on any atom is 0.326 e. The highest BCUT2D eigenvalue weighted by atomic mass is 16.5. The fourth-order valence-corrected chi connectivity index (χ4v) is 1.86. The Morgan fingerprint density at radius 1 is 1.30 bits per heavy atom. The zero-order chi connectivity index (χ0) is 15.5. The second-order valence-corrected chi connectivity index (χ2v) is 5.81. The molecule has 0 aliphatic heterocycles. The molecule has 0 heterocycles. The number of carboxylic acid groups (broad SMARTS) is 1. The molecule has 1 atom stereocenters. The molecule has 20 heavy (non-hydrogen) atoms. The lowest BCUT2D eigenvalue weighted by Crippen LogP contribution is -2.49. The van der Waals surface area contributed by atoms with E-state index in [0.29, 0.717) is 11.3 Å². The Bertz CT molecular complexity index is 517. The third kappa shape index (κ3) is 3.73. The van der Waals surface area contributed by atoms with Crippen LogP contribution in [0.4, 0.5) is 0 Å². The number of carbonyl (C=O) groups is 2. The molecule has 0 radical (unpaired) electrons. The number of hydrogen-bond donors (Lipinski definition) is 2. The van der Waals surface area contributed by atoms with Crippen molar-refractivity contribution in [3.8, 4) is 5.75 Å². The molecule has 110 valence electrons. The zero-order valence-electron chi connectivity index (χ0n) is 12.5. The molecule has 0 aliphatic carbocycles. The average Bonchev–Trinajstić information content (AvgIpc) is 2.33. The first-order chi connectivity index (χ1) is 9.16. The van der Waals surface area contributed by atoms with Crippen molar-refractivity contribution in [2.75, 3.05) is 7.11 Å². The van der Waals surface area contributed by atoms with Gasteiger partial charge in [-0.05, 0) is 24.5 Å². The van der Waals surface area contributed by atoms with Crippen molar-refractivity contribution in [2.45, 2.75) is 33.7 Å². The monoisotopic (exact) mass is 279 g/mol. The van der Waals surface area contributed by atoms with Crippen molar-refractivity contribution in [2.24, 2.45) is 5.41 Å². The summed E-state index contributed by atoms with van der Waals surface area (Å²) in [6.07, 6.45) is 0. The van der Waals surface area contributed by atoms with Gasteiger partial charge in [0.05, 0.1) is 12.7 Å². The van der Waals surface area contributed by atoms with Gasteiger partial charge < -0.3 is 15.2 Å². The topological polar surface area (TPSA) is 75.6 Å². The van der Waals surface area contributed by atoms with Crippen LogP contribution in [0.5, 0.6) is 5.75 Å². The third-order valence-electron chi connectivity index (χ3n) is 2.99. The van der Waals surface area contributed by atoms with Crippen LogP contribution in [0.25, 0.3) is 0 Å². The maximum atomic E-state index is 12.3. The summed E-state index contributed by atoms with van der Waals surface area (Å²) >= 11 is 0. The number of rotatable bonds is 4. The predicted molar refractivity (Wildman–Crippen MR) is 76.1 cm³/mol. The van der Waals surface area contributed by atoms with Crippen molar-refractivity contribution in [3.63, 3.8) is 0 Å². The summed E-state index contributed by atoms with van der Waals surface area (Å²) in [5, 5.41) is 11.8. The van der Waals surface area contributed by atoms with E-state index >= 15 is 0 Å². The van der Waals surface area contributed by atoms with Gasteiger partial charge in [0.25, 0.3) is 5.91 Å². The fourth-order valence-electron chi connectivity index (χ4n) is 1.86. The minimum Gasteiger partial charge on any atom is -0.496 e. The van der Waals surface area contributed by atoms with E-state index in [1.165, 1.54) is 7.11 Å². The predicted octanol–water partition coefficient (Wildman–Crippen LogP) is 2.23. The van der Waals surface area contributed by atoms with Crippen molar-refractivity contribution >= 4 is 11.9 Å². The van der Waals surface area contributed by atoms with Gasteiger partial charge in [0.2, 0.25) is 0 Å². The van der Waals surface area contributed by atoms with Crippen molar-refractivity contribution in [1.29, 1.82) is 0 Å². The number of methoxy groups -OCH3 is 1. The maximum absolute atomic E-state index is 12.3. The Labute approximate surface area is 118 Å². The first-order valence-electron chi connectivity index (χ1n) is 6.35. The highest BCUT2D eigenvalue weighted by molar-refractivity contribution is 5.99. The van der Waals surface area contributed by atoms with Gasteiger partial charge in [0.15, 0.2) is 0 Å². The number of amides is 1. The normalized spacial score (nSPS) is 12.7. The van der Waals surface area contributed by atoms with Gasteiger partial charge >= 0.3 is 5.97 Å². The zero-order valence-corrected chi connectivity index (χ0v) is 12.5. The first-order valence-corrected chi connectivity index (χ1v) is 6.35. The second kappa shape index (κ2) is 5.94. The summed E-state index contributed by atoms with van der Waals surface area (Å²) in [4.78, 5) is 23.6. The molecule has 1 amide bonds. The molecule has 0 saturated carbocycles. The molecule has 0 aromatic heterocycles. The number of carbonyl (C=O) groups excluding carboxylic acids is 1. The number of aryl methyl sites for hydroxylation is 1. The van der Waals surface area contributed by atoms with Crippen LogP contribution in [0.3, 0.4) is 0 Å². The number of hydrogen-bond acceptors (Lipinski definition) is 3. The summed E-state index contributed by atoms with van der Waals surface area (Å²) < 4.78 is 5.14.